The number of likely N-dealkylation sites (tertiary alicyclic amines) is 1. The summed E-state index contributed by atoms with van der Waals surface area (Å²) in [6.45, 7) is 4.77. The summed E-state index contributed by atoms with van der Waals surface area (Å²) >= 11 is 0. The van der Waals surface area contributed by atoms with Crippen molar-refractivity contribution in [3.8, 4) is 11.5 Å². The Morgan fingerprint density at radius 3 is 2.36 bits per heavy atom. The summed E-state index contributed by atoms with van der Waals surface area (Å²) in [6.07, 6.45) is 8.34. The van der Waals surface area contributed by atoms with Gasteiger partial charge in [0.15, 0.2) is 11.5 Å². The quantitative estimate of drug-likeness (QED) is 0.637. The molecule has 0 bridgehead atoms. The standard InChI is InChI=1S/C27H41NO5/c1-18(29)27(2)17-28(26(31)25(30)19-9-5-4-6-10-19)16-22(27)20-13-14-23(32-3)24(15-20)33-21-11-7-8-12-21/h13-15,18-19,21-22,25,29-30H,4-12,16-17H2,1-3H3/t18-,22+,25-,27+/m1/s1. The minimum absolute atomic E-state index is 0.0514. The van der Waals surface area contributed by atoms with Gasteiger partial charge in [-0.1, -0.05) is 32.3 Å². The molecule has 2 aliphatic carbocycles. The molecule has 33 heavy (non-hydrogen) atoms. The molecule has 4 atom stereocenters. The van der Waals surface area contributed by atoms with E-state index in [1.165, 1.54) is 19.3 Å². The number of nitrogens with zero attached hydrogens (tertiary/aromatic N) is 1. The molecule has 2 saturated carbocycles. The van der Waals surface area contributed by atoms with Crippen LogP contribution in [0.15, 0.2) is 18.2 Å². The number of rotatable bonds is 7. The summed E-state index contributed by atoms with van der Waals surface area (Å²) in [7, 11) is 1.65. The van der Waals surface area contributed by atoms with Crippen LogP contribution in [0.3, 0.4) is 0 Å². The molecular formula is C27H41NO5. The number of hydrogen-bond acceptors (Lipinski definition) is 5. The Morgan fingerprint density at radius 2 is 1.73 bits per heavy atom. The van der Waals surface area contributed by atoms with Gasteiger partial charge >= 0.3 is 0 Å². The molecule has 184 valence electrons. The maximum atomic E-state index is 13.3. The second kappa shape index (κ2) is 10.2. The summed E-state index contributed by atoms with van der Waals surface area (Å²) in [4.78, 5) is 15.1. The number of hydrogen-bond donors (Lipinski definition) is 2. The normalized spacial score (nSPS) is 28.6. The number of amides is 1. The minimum atomic E-state index is -0.945. The topological polar surface area (TPSA) is 79.2 Å². The van der Waals surface area contributed by atoms with Gasteiger partial charge in [0.2, 0.25) is 0 Å². The van der Waals surface area contributed by atoms with Crippen molar-refractivity contribution in [2.75, 3.05) is 20.2 Å². The highest BCUT2D eigenvalue weighted by atomic mass is 16.5. The Labute approximate surface area is 198 Å². The lowest BCUT2D eigenvalue weighted by Crippen LogP contribution is -2.44. The van der Waals surface area contributed by atoms with Crippen molar-refractivity contribution in [2.24, 2.45) is 11.3 Å². The summed E-state index contributed by atoms with van der Waals surface area (Å²) in [6, 6.07) is 5.99. The van der Waals surface area contributed by atoms with Gasteiger partial charge in [-0.2, -0.15) is 0 Å². The Hall–Kier alpha value is -1.79. The Balaban J connectivity index is 1.57. The second-order valence-corrected chi connectivity index (χ2v) is 10.7. The number of methoxy groups -OCH3 is 1. The van der Waals surface area contributed by atoms with Gasteiger partial charge in [0, 0.05) is 24.4 Å². The molecule has 1 aromatic rings. The molecule has 1 heterocycles. The van der Waals surface area contributed by atoms with E-state index in [0.29, 0.717) is 18.8 Å². The number of aliphatic hydroxyl groups excluding tert-OH is 2. The van der Waals surface area contributed by atoms with E-state index in [9.17, 15) is 15.0 Å². The molecule has 1 saturated heterocycles. The van der Waals surface area contributed by atoms with Gasteiger partial charge in [0.1, 0.15) is 6.10 Å². The molecule has 6 nitrogen and oxygen atoms in total. The molecule has 6 heteroatoms. The van der Waals surface area contributed by atoms with Crippen LogP contribution in [0.25, 0.3) is 0 Å². The van der Waals surface area contributed by atoms with Crippen molar-refractivity contribution in [3.05, 3.63) is 23.8 Å². The van der Waals surface area contributed by atoms with Crippen molar-refractivity contribution in [3.63, 3.8) is 0 Å². The highest BCUT2D eigenvalue weighted by Crippen LogP contribution is 2.47. The van der Waals surface area contributed by atoms with Crippen LogP contribution in [0.1, 0.15) is 83.1 Å². The van der Waals surface area contributed by atoms with E-state index in [-0.39, 0.29) is 23.8 Å². The van der Waals surface area contributed by atoms with Crippen molar-refractivity contribution in [2.45, 2.75) is 95.9 Å². The zero-order valence-electron chi connectivity index (χ0n) is 20.5. The van der Waals surface area contributed by atoms with Gasteiger partial charge in [0.25, 0.3) is 5.91 Å². The fourth-order valence-corrected chi connectivity index (χ4v) is 6.12. The molecule has 3 aliphatic rings. The van der Waals surface area contributed by atoms with E-state index in [0.717, 1.165) is 49.8 Å². The molecule has 3 fully saturated rings. The van der Waals surface area contributed by atoms with Crippen LogP contribution in [0.5, 0.6) is 11.5 Å². The first-order valence-electron chi connectivity index (χ1n) is 12.8. The molecule has 0 radical (unpaired) electrons. The summed E-state index contributed by atoms with van der Waals surface area (Å²) in [5.41, 5.74) is 0.524. The average Bonchev–Trinajstić information content (AvgIpc) is 3.47. The lowest BCUT2D eigenvalue weighted by Gasteiger charge is -2.34. The third-order valence-electron chi connectivity index (χ3n) is 8.53. The fraction of sp³-hybridized carbons (Fsp3) is 0.741. The zero-order chi connectivity index (χ0) is 23.6. The van der Waals surface area contributed by atoms with Crippen LogP contribution in [-0.2, 0) is 4.79 Å². The molecular weight excluding hydrogens is 418 g/mol. The molecule has 1 aromatic carbocycles. The van der Waals surface area contributed by atoms with E-state index in [2.05, 4.69) is 0 Å². The third-order valence-corrected chi connectivity index (χ3v) is 8.53. The molecule has 1 aliphatic heterocycles. The smallest absolute Gasteiger partial charge is 0.251 e. The van der Waals surface area contributed by atoms with Crippen molar-refractivity contribution in [1.29, 1.82) is 0 Å². The number of ether oxygens (including phenoxy) is 2. The van der Waals surface area contributed by atoms with Crippen LogP contribution in [0.2, 0.25) is 0 Å². The average molecular weight is 460 g/mol. The molecule has 1 amide bonds. The molecule has 0 spiro atoms. The Morgan fingerprint density at radius 1 is 1.06 bits per heavy atom. The lowest BCUT2D eigenvalue weighted by atomic mass is 9.72. The maximum absolute atomic E-state index is 13.3. The number of benzene rings is 1. The highest BCUT2D eigenvalue weighted by Gasteiger charge is 2.49. The summed E-state index contributed by atoms with van der Waals surface area (Å²) in [5, 5.41) is 21.6. The van der Waals surface area contributed by atoms with Gasteiger partial charge in [-0.15, -0.1) is 0 Å². The zero-order valence-corrected chi connectivity index (χ0v) is 20.5. The first-order chi connectivity index (χ1) is 15.8. The van der Waals surface area contributed by atoms with Crippen LogP contribution < -0.4 is 9.47 Å². The number of carbonyl (C=O) groups is 1. The SMILES string of the molecule is COc1ccc([C@@H]2CN(C(=O)[C@H](O)C3CCCCC3)C[C@@]2(C)[C@@H](C)O)cc1OC1CCCC1. The van der Waals surface area contributed by atoms with Gasteiger partial charge in [-0.25, -0.2) is 0 Å². The molecule has 4 rings (SSSR count). The van der Waals surface area contributed by atoms with E-state index >= 15 is 0 Å². The fourth-order valence-electron chi connectivity index (χ4n) is 6.12. The van der Waals surface area contributed by atoms with E-state index in [4.69, 9.17) is 9.47 Å². The van der Waals surface area contributed by atoms with Gasteiger partial charge in [-0.05, 0) is 69.1 Å². The van der Waals surface area contributed by atoms with Crippen LogP contribution in [0.4, 0.5) is 0 Å². The van der Waals surface area contributed by atoms with E-state index < -0.39 is 17.6 Å². The molecule has 2 N–H and O–H groups in total. The van der Waals surface area contributed by atoms with E-state index in [1.807, 2.05) is 25.1 Å². The highest BCUT2D eigenvalue weighted by molar-refractivity contribution is 5.81. The van der Waals surface area contributed by atoms with Crippen LogP contribution >= 0.6 is 0 Å². The molecule has 0 aromatic heterocycles. The van der Waals surface area contributed by atoms with Gasteiger partial charge in [-0.3, -0.25) is 4.79 Å². The monoisotopic (exact) mass is 459 g/mol. The lowest BCUT2D eigenvalue weighted by molar-refractivity contribution is -0.143. The first-order valence-corrected chi connectivity index (χ1v) is 12.8. The maximum Gasteiger partial charge on any atom is 0.251 e. The second-order valence-electron chi connectivity index (χ2n) is 10.7. The minimum Gasteiger partial charge on any atom is -0.493 e. The van der Waals surface area contributed by atoms with Crippen molar-refractivity contribution in [1.82, 2.24) is 4.90 Å². The predicted molar refractivity (Wildman–Crippen MR) is 128 cm³/mol. The molecule has 0 unspecified atom stereocenters. The Kier molecular flexibility index (Phi) is 7.54. The number of aliphatic hydroxyl groups is 2. The third kappa shape index (κ3) is 5.02. The summed E-state index contributed by atoms with van der Waals surface area (Å²) in [5.74, 6) is 1.25. The van der Waals surface area contributed by atoms with Gasteiger partial charge in [0.05, 0.1) is 19.3 Å². The van der Waals surface area contributed by atoms with E-state index in [1.54, 1.807) is 18.9 Å². The largest absolute Gasteiger partial charge is 0.493 e. The van der Waals surface area contributed by atoms with Crippen molar-refractivity contribution < 1.29 is 24.5 Å². The summed E-state index contributed by atoms with van der Waals surface area (Å²) < 4.78 is 11.9. The number of carbonyl (C=O) groups excluding carboxylic acids is 1. The first kappa shape index (κ1) is 24.3. The predicted octanol–water partition coefficient (Wildman–Crippen LogP) is 4.27. The van der Waals surface area contributed by atoms with Crippen LogP contribution in [0, 0.1) is 11.3 Å². The van der Waals surface area contributed by atoms with Crippen molar-refractivity contribution >= 4 is 5.91 Å². The Bertz CT molecular complexity index is 815. The van der Waals surface area contributed by atoms with Crippen LogP contribution in [-0.4, -0.2) is 59.5 Å². The van der Waals surface area contributed by atoms with Gasteiger partial charge < -0.3 is 24.6 Å².